The molecule has 2 rings (SSSR count). The van der Waals surface area contributed by atoms with Gasteiger partial charge in [0.2, 0.25) is 5.75 Å². The minimum atomic E-state index is 0.00661. The molecule has 0 radical (unpaired) electrons. The lowest BCUT2D eigenvalue weighted by Crippen LogP contribution is -2.07. The lowest BCUT2D eigenvalue weighted by molar-refractivity contribution is 0.104. The topological polar surface area (TPSA) is 44.8 Å². The second kappa shape index (κ2) is 55.5. The third-order valence-electron chi connectivity index (χ3n) is 15.8. The van der Waals surface area contributed by atoms with Crippen molar-refractivity contribution in [3.8, 4) is 17.2 Å². The summed E-state index contributed by atoms with van der Waals surface area (Å²) in [5.74, 6) is 3.32. The van der Waals surface area contributed by atoms with Gasteiger partial charge in [-0.15, -0.1) is 11.8 Å². The van der Waals surface area contributed by atoms with Crippen LogP contribution in [0.25, 0.3) is 6.08 Å². The first kappa shape index (κ1) is 70.7. The fourth-order valence-electron chi connectivity index (χ4n) is 10.7. The molecule has 0 bridgehead atoms. The molecule has 0 saturated carbocycles. The molecule has 0 fully saturated rings. The summed E-state index contributed by atoms with van der Waals surface area (Å²) < 4.78 is 20.0. The highest BCUT2D eigenvalue weighted by molar-refractivity contribution is 7.99. The Morgan fingerprint density at radius 2 is 0.623 bits per heavy atom. The summed E-state index contributed by atoms with van der Waals surface area (Å²) in [5.41, 5.74) is 1.62. The lowest BCUT2D eigenvalue weighted by atomic mass is 10.0. The maximum atomic E-state index is 13.5. The molecule has 0 heterocycles. The first-order valence-electron chi connectivity index (χ1n) is 34.1. The SMILES string of the molecule is CCCCCCCCCCCCCCCCCCOc1cc(/C=C/C(=O)c2ccc(SCCC)cc2)cc(OCCCCCCCCCCCCCCCCCC)c1OCCCCCCCCCCCCCCCCCC. The van der Waals surface area contributed by atoms with Crippen LogP contribution in [-0.4, -0.2) is 31.4 Å². The average Bonchev–Trinajstić information content (AvgIpc) is 3.45. The van der Waals surface area contributed by atoms with Gasteiger partial charge in [0.05, 0.1) is 19.8 Å². The van der Waals surface area contributed by atoms with Crippen LogP contribution in [0.3, 0.4) is 0 Å². The summed E-state index contributed by atoms with van der Waals surface area (Å²) >= 11 is 1.84. The molecule has 0 atom stereocenters. The molecule has 0 N–H and O–H groups in total. The molecule has 5 heteroatoms. The standard InChI is InChI=1S/C72H126O4S/c1-5-9-12-15-18-21-24-27-30-33-36-39-42-45-48-51-60-74-70-64-66(54-59-69(73)67-55-57-68(58-56-67)77-63-8-4)65-71(75-61-52-49-46-43-40-37-34-31-28-25-22-19-16-13-10-6-2)72(70)76-62-53-50-47-44-41-38-35-32-29-26-23-20-17-14-11-7-3/h54-59,64-65H,5-53,60-63H2,1-4H3/b59-54+. The van der Waals surface area contributed by atoms with Crippen molar-refractivity contribution >= 4 is 23.6 Å². The predicted molar refractivity (Wildman–Crippen MR) is 342 cm³/mol. The molecule has 0 aliphatic carbocycles. The number of rotatable bonds is 60. The molecule has 77 heavy (non-hydrogen) atoms. The minimum absolute atomic E-state index is 0.00661. The molecule has 0 saturated heterocycles. The monoisotopic (exact) mass is 1090 g/mol. The second-order valence-corrected chi connectivity index (χ2v) is 24.5. The van der Waals surface area contributed by atoms with E-state index in [0.29, 0.717) is 25.4 Å². The van der Waals surface area contributed by atoms with E-state index in [0.717, 1.165) is 54.2 Å². The van der Waals surface area contributed by atoms with Crippen molar-refractivity contribution in [2.24, 2.45) is 0 Å². The highest BCUT2D eigenvalue weighted by atomic mass is 32.2. The predicted octanol–water partition coefficient (Wildman–Crippen LogP) is 25.0. The first-order chi connectivity index (χ1) is 38.1. The first-order valence-corrected chi connectivity index (χ1v) is 35.1. The Morgan fingerprint density at radius 1 is 0.351 bits per heavy atom. The Balaban J connectivity index is 1.97. The Labute approximate surface area is 483 Å². The molecule has 444 valence electrons. The molecule has 0 aliphatic heterocycles. The lowest BCUT2D eigenvalue weighted by Gasteiger charge is -2.18. The van der Waals surface area contributed by atoms with E-state index in [1.165, 1.54) is 294 Å². The molecule has 0 unspecified atom stereocenters. The van der Waals surface area contributed by atoms with Crippen LogP contribution < -0.4 is 14.2 Å². The number of thioether (sulfide) groups is 1. The van der Waals surface area contributed by atoms with Gasteiger partial charge in [0, 0.05) is 10.5 Å². The van der Waals surface area contributed by atoms with Gasteiger partial charge in [0.15, 0.2) is 17.3 Å². The summed E-state index contributed by atoms with van der Waals surface area (Å²) in [4.78, 5) is 14.7. The number of allylic oxidation sites excluding steroid dienone is 1. The van der Waals surface area contributed by atoms with Gasteiger partial charge in [0.1, 0.15) is 0 Å². The maximum absolute atomic E-state index is 13.5. The van der Waals surface area contributed by atoms with E-state index >= 15 is 0 Å². The van der Waals surface area contributed by atoms with Gasteiger partial charge in [-0.2, -0.15) is 0 Å². The summed E-state index contributed by atoms with van der Waals surface area (Å²) in [6.07, 6.45) is 69.7. The average molecular weight is 1090 g/mol. The van der Waals surface area contributed by atoms with E-state index in [1.807, 2.05) is 30.0 Å². The van der Waals surface area contributed by atoms with Gasteiger partial charge < -0.3 is 14.2 Å². The maximum Gasteiger partial charge on any atom is 0.203 e. The number of carbonyl (C=O) groups excluding carboxylic acids is 1. The fraction of sp³-hybridized carbons (Fsp3) is 0.792. The highest BCUT2D eigenvalue weighted by Gasteiger charge is 2.16. The van der Waals surface area contributed by atoms with Crippen LogP contribution in [0.4, 0.5) is 0 Å². The molecule has 0 amide bonds. The number of ketones is 1. The quantitative estimate of drug-likeness (QED) is 0.0286. The zero-order chi connectivity index (χ0) is 55.0. The number of benzene rings is 2. The highest BCUT2D eigenvalue weighted by Crippen LogP contribution is 2.40. The zero-order valence-corrected chi connectivity index (χ0v) is 52.5. The van der Waals surface area contributed by atoms with Crippen molar-refractivity contribution in [1.82, 2.24) is 0 Å². The number of hydrogen-bond acceptors (Lipinski definition) is 5. The van der Waals surface area contributed by atoms with E-state index in [4.69, 9.17) is 14.2 Å². The number of hydrogen-bond donors (Lipinski definition) is 0. The molecular formula is C72H126O4S. The van der Waals surface area contributed by atoms with Crippen LogP contribution in [0.15, 0.2) is 47.4 Å². The van der Waals surface area contributed by atoms with Gasteiger partial charge >= 0.3 is 0 Å². The molecular weight excluding hydrogens is 961 g/mol. The van der Waals surface area contributed by atoms with Gasteiger partial charge in [-0.1, -0.05) is 323 Å². The van der Waals surface area contributed by atoms with Crippen LogP contribution in [0, 0.1) is 0 Å². The third kappa shape index (κ3) is 43.1. The van der Waals surface area contributed by atoms with Crippen LogP contribution >= 0.6 is 11.8 Å². The summed E-state index contributed by atoms with van der Waals surface area (Å²) in [6, 6.07) is 12.2. The summed E-state index contributed by atoms with van der Waals surface area (Å²) in [7, 11) is 0. The van der Waals surface area contributed by atoms with E-state index in [2.05, 4.69) is 52.0 Å². The van der Waals surface area contributed by atoms with Crippen molar-refractivity contribution < 1.29 is 19.0 Å². The van der Waals surface area contributed by atoms with Crippen LogP contribution in [0.2, 0.25) is 0 Å². The third-order valence-corrected chi connectivity index (χ3v) is 17.1. The van der Waals surface area contributed by atoms with E-state index in [1.54, 1.807) is 6.08 Å². The van der Waals surface area contributed by atoms with Gasteiger partial charge in [-0.25, -0.2) is 0 Å². The Kier molecular flexibility index (Phi) is 51.0. The minimum Gasteiger partial charge on any atom is -0.490 e. The van der Waals surface area contributed by atoms with Crippen LogP contribution in [0.1, 0.15) is 358 Å². The van der Waals surface area contributed by atoms with Crippen molar-refractivity contribution in [1.29, 1.82) is 0 Å². The Morgan fingerprint density at radius 3 is 0.909 bits per heavy atom. The van der Waals surface area contributed by atoms with Gasteiger partial charge in [-0.05, 0) is 79.5 Å². The Hall–Kier alpha value is -2.40. The number of unbranched alkanes of at least 4 members (excludes halogenated alkanes) is 45. The van der Waals surface area contributed by atoms with E-state index in [-0.39, 0.29) is 5.78 Å². The summed E-state index contributed by atoms with van der Waals surface area (Å²) in [5, 5.41) is 0. The second-order valence-electron chi connectivity index (χ2n) is 23.4. The van der Waals surface area contributed by atoms with Crippen molar-refractivity contribution in [2.75, 3.05) is 25.6 Å². The fourth-order valence-corrected chi connectivity index (χ4v) is 11.5. The number of carbonyl (C=O) groups is 1. The molecule has 4 nitrogen and oxygen atoms in total. The molecule has 2 aromatic rings. The normalized spacial score (nSPS) is 11.6. The van der Waals surface area contributed by atoms with E-state index < -0.39 is 0 Å². The largest absolute Gasteiger partial charge is 0.490 e. The summed E-state index contributed by atoms with van der Waals surface area (Å²) in [6.45, 7) is 11.1. The Bertz CT molecular complexity index is 1530. The van der Waals surface area contributed by atoms with Gasteiger partial charge in [-0.3, -0.25) is 4.79 Å². The smallest absolute Gasteiger partial charge is 0.203 e. The number of ether oxygens (including phenoxy) is 3. The molecule has 0 spiro atoms. The van der Waals surface area contributed by atoms with E-state index in [9.17, 15) is 4.79 Å². The van der Waals surface area contributed by atoms with Crippen LogP contribution in [-0.2, 0) is 0 Å². The van der Waals surface area contributed by atoms with Crippen molar-refractivity contribution in [2.45, 2.75) is 347 Å². The zero-order valence-electron chi connectivity index (χ0n) is 51.6. The molecule has 0 aliphatic rings. The molecule has 0 aromatic heterocycles. The van der Waals surface area contributed by atoms with Crippen LogP contribution in [0.5, 0.6) is 17.2 Å². The van der Waals surface area contributed by atoms with Gasteiger partial charge in [0.25, 0.3) is 0 Å². The molecule has 2 aromatic carbocycles. The van der Waals surface area contributed by atoms with Crippen molar-refractivity contribution in [3.05, 3.63) is 53.6 Å². The van der Waals surface area contributed by atoms with Crippen molar-refractivity contribution in [3.63, 3.8) is 0 Å².